The first kappa shape index (κ1) is 14.4. The molecule has 0 heterocycles. The lowest BCUT2D eigenvalue weighted by molar-refractivity contribution is 0.0932. The fourth-order valence-electron chi connectivity index (χ4n) is 2.79. The zero-order valence-electron chi connectivity index (χ0n) is 11.9. The van der Waals surface area contributed by atoms with Crippen molar-refractivity contribution in [3.63, 3.8) is 0 Å². The number of amidine groups is 1. The monoisotopic (exact) mass is 275 g/mol. The van der Waals surface area contributed by atoms with E-state index in [-0.39, 0.29) is 23.7 Å². The third-order valence-corrected chi connectivity index (χ3v) is 3.97. The molecule has 1 amide bonds. The Morgan fingerprint density at radius 1 is 1.40 bits per heavy atom. The lowest BCUT2D eigenvalue weighted by Crippen LogP contribution is -2.42. The highest BCUT2D eigenvalue weighted by molar-refractivity contribution is 5.96. The fraction of sp³-hybridized carbons (Fsp3) is 0.467. The molecule has 1 fully saturated rings. The highest BCUT2D eigenvalue weighted by atomic mass is 16.4. The molecule has 5 nitrogen and oxygen atoms in total. The first-order valence-corrected chi connectivity index (χ1v) is 6.88. The summed E-state index contributed by atoms with van der Waals surface area (Å²) in [6.07, 6.45) is 2.67. The van der Waals surface area contributed by atoms with E-state index in [2.05, 4.69) is 10.5 Å². The molecule has 0 aromatic heterocycles. The minimum Gasteiger partial charge on any atom is -0.409 e. The molecule has 0 bridgehead atoms. The summed E-state index contributed by atoms with van der Waals surface area (Å²) in [5, 5.41) is 14.9. The molecule has 1 aliphatic carbocycles. The maximum Gasteiger partial charge on any atom is 0.251 e. The zero-order valence-corrected chi connectivity index (χ0v) is 11.9. The maximum atomic E-state index is 12.4. The van der Waals surface area contributed by atoms with Crippen LogP contribution in [0.4, 0.5) is 0 Å². The molecule has 0 radical (unpaired) electrons. The molecule has 1 aromatic rings. The summed E-state index contributed by atoms with van der Waals surface area (Å²) in [5.74, 6) is 0.0386. The van der Waals surface area contributed by atoms with E-state index in [0.29, 0.717) is 5.56 Å². The number of amides is 1. The Kier molecular flexibility index (Phi) is 4.27. The number of carbonyl (C=O) groups excluding carboxylic acids is 1. The van der Waals surface area contributed by atoms with Crippen molar-refractivity contribution in [1.29, 1.82) is 0 Å². The molecule has 4 N–H and O–H groups in total. The van der Waals surface area contributed by atoms with Crippen molar-refractivity contribution < 1.29 is 10.0 Å². The number of rotatable bonds is 3. The lowest BCUT2D eigenvalue weighted by atomic mass is 10.0. The van der Waals surface area contributed by atoms with E-state index in [1.165, 1.54) is 0 Å². The second-order valence-corrected chi connectivity index (χ2v) is 5.46. The van der Waals surface area contributed by atoms with Crippen LogP contribution in [0.1, 0.15) is 40.7 Å². The van der Waals surface area contributed by atoms with Gasteiger partial charge in [0.1, 0.15) is 5.84 Å². The molecule has 1 aromatic carbocycles. The van der Waals surface area contributed by atoms with Crippen LogP contribution in [0, 0.1) is 19.8 Å². The SMILES string of the molecule is Cc1ccc(C)c(C(=O)NC2CCCC2C(N)=NO)c1. The number of hydrogen-bond acceptors (Lipinski definition) is 3. The lowest BCUT2D eigenvalue weighted by Gasteiger charge is -2.20. The smallest absolute Gasteiger partial charge is 0.251 e. The number of carbonyl (C=O) groups is 1. The molecule has 1 aliphatic rings. The number of benzene rings is 1. The third-order valence-electron chi connectivity index (χ3n) is 3.97. The van der Waals surface area contributed by atoms with Crippen LogP contribution < -0.4 is 11.1 Å². The standard InChI is InChI=1S/C15H21N3O2/c1-9-6-7-10(2)12(8-9)15(19)17-13-5-3-4-11(13)14(16)18-20/h6-8,11,13,20H,3-5H2,1-2H3,(H2,16,18)(H,17,19). The minimum absolute atomic E-state index is 0.0571. The van der Waals surface area contributed by atoms with Crippen LogP contribution in [-0.2, 0) is 0 Å². The Bertz CT molecular complexity index is 540. The first-order valence-electron chi connectivity index (χ1n) is 6.88. The first-order chi connectivity index (χ1) is 9.52. The van der Waals surface area contributed by atoms with Crippen molar-refractivity contribution in [2.45, 2.75) is 39.2 Å². The molecule has 0 aliphatic heterocycles. The number of aryl methyl sites for hydroxylation is 2. The zero-order chi connectivity index (χ0) is 14.7. The van der Waals surface area contributed by atoms with Gasteiger partial charge in [-0.05, 0) is 38.3 Å². The van der Waals surface area contributed by atoms with E-state index in [4.69, 9.17) is 10.9 Å². The highest BCUT2D eigenvalue weighted by Crippen LogP contribution is 2.26. The Morgan fingerprint density at radius 2 is 2.15 bits per heavy atom. The van der Waals surface area contributed by atoms with Gasteiger partial charge in [-0.1, -0.05) is 29.3 Å². The molecule has 0 spiro atoms. The van der Waals surface area contributed by atoms with E-state index in [1.54, 1.807) is 0 Å². The minimum atomic E-state index is -0.0890. The van der Waals surface area contributed by atoms with Gasteiger partial charge in [0, 0.05) is 17.5 Å². The highest BCUT2D eigenvalue weighted by Gasteiger charge is 2.32. The van der Waals surface area contributed by atoms with Gasteiger partial charge in [0.2, 0.25) is 0 Å². The van der Waals surface area contributed by atoms with Gasteiger partial charge >= 0.3 is 0 Å². The van der Waals surface area contributed by atoms with Gasteiger partial charge in [0.05, 0.1) is 0 Å². The number of oxime groups is 1. The van der Waals surface area contributed by atoms with Crippen LogP contribution in [0.25, 0.3) is 0 Å². The van der Waals surface area contributed by atoms with E-state index in [0.717, 1.165) is 30.4 Å². The number of nitrogens with two attached hydrogens (primary N) is 1. The largest absolute Gasteiger partial charge is 0.409 e. The van der Waals surface area contributed by atoms with Crippen molar-refractivity contribution in [3.05, 3.63) is 34.9 Å². The summed E-state index contributed by atoms with van der Waals surface area (Å²) in [6, 6.07) is 5.76. The van der Waals surface area contributed by atoms with Crippen molar-refractivity contribution >= 4 is 11.7 Å². The number of hydrogen-bond donors (Lipinski definition) is 3. The Morgan fingerprint density at radius 3 is 2.85 bits per heavy atom. The van der Waals surface area contributed by atoms with Crippen LogP contribution in [0.2, 0.25) is 0 Å². The van der Waals surface area contributed by atoms with Gasteiger partial charge in [-0.3, -0.25) is 4.79 Å². The van der Waals surface area contributed by atoms with Gasteiger partial charge in [0.25, 0.3) is 5.91 Å². The van der Waals surface area contributed by atoms with Gasteiger partial charge in [-0.2, -0.15) is 0 Å². The fourth-order valence-corrected chi connectivity index (χ4v) is 2.79. The normalized spacial score (nSPS) is 22.8. The van der Waals surface area contributed by atoms with E-state index < -0.39 is 0 Å². The topological polar surface area (TPSA) is 87.7 Å². The molecule has 5 heteroatoms. The molecule has 108 valence electrons. The summed E-state index contributed by atoms with van der Waals surface area (Å²) in [7, 11) is 0. The van der Waals surface area contributed by atoms with Crippen molar-refractivity contribution in [3.8, 4) is 0 Å². The number of nitrogens with zero attached hydrogens (tertiary/aromatic N) is 1. The average Bonchev–Trinajstić information content (AvgIpc) is 2.88. The van der Waals surface area contributed by atoms with Crippen LogP contribution >= 0.6 is 0 Å². The predicted molar refractivity (Wildman–Crippen MR) is 77.9 cm³/mol. The Labute approximate surface area is 118 Å². The molecule has 0 saturated heterocycles. The summed E-state index contributed by atoms with van der Waals surface area (Å²) in [5.41, 5.74) is 8.38. The summed E-state index contributed by atoms with van der Waals surface area (Å²) in [6.45, 7) is 3.88. The van der Waals surface area contributed by atoms with Gasteiger partial charge in [-0.15, -0.1) is 0 Å². The molecular weight excluding hydrogens is 254 g/mol. The van der Waals surface area contributed by atoms with Crippen LogP contribution in [0.3, 0.4) is 0 Å². The van der Waals surface area contributed by atoms with E-state index in [1.807, 2.05) is 32.0 Å². The van der Waals surface area contributed by atoms with Gasteiger partial charge in [0.15, 0.2) is 0 Å². The summed E-state index contributed by atoms with van der Waals surface area (Å²) in [4.78, 5) is 12.4. The molecule has 20 heavy (non-hydrogen) atoms. The second kappa shape index (κ2) is 5.94. The predicted octanol–water partition coefficient (Wildman–Crippen LogP) is 1.95. The molecule has 2 unspecified atom stereocenters. The Balaban J connectivity index is 2.13. The summed E-state index contributed by atoms with van der Waals surface area (Å²) < 4.78 is 0. The van der Waals surface area contributed by atoms with Crippen LogP contribution in [0.5, 0.6) is 0 Å². The van der Waals surface area contributed by atoms with E-state index >= 15 is 0 Å². The van der Waals surface area contributed by atoms with Gasteiger partial charge < -0.3 is 16.3 Å². The van der Waals surface area contributed by atoms with Crippen LogP contribution in [-0.4, -0.2) is 23.0 Å². The second-order valence-electron chi connectivity index (χ2n) is 5.46. The van der Waals surface area contributed by atoms with Crippen molar-refractivity contribution in [2.75, 3.05) is 0 Å². The van der Waals surface area contributed by atoms with Crippen LogP contribution in [0.15, 0.2) is 23.4 Å². The average molecular weight is 275 g/mol. The Hall–Kier alpha value is -2.04. The van der Waals surface area contributed by atoms with Crippen molar-refractivity contribution in [1.82, 2.24) is 5.32 Å². The summed E-state index contributed by atoms with van der Waals surface area (Å²) >= 11 is 0. The van der Waals surface area contributed by atoms with Gasteiger partial charge in [-0.25, -0.2) is 0 Å². The number of nitrogens with one attached hydrogen (secondary N) is 1. The molecule has 2 atom stereocenters. The van der Waals surface area contributed by atoms with Crippen molar-refractivity contribution in [2.24, 2.45) is 16.8 Å². The molecular formula is C15H21N3O2. The quantitative estimate of drug-likeness (QED) is 0.341. The van der Waals surface area contributed by atoms with E-state index in [9.17, 15) is 4.79 Å². The third kappa shape index (κ3) is 2.92. The maximum absolute atomic E-state index is 12.4. The molecule has 2 rings (SSSR count). The molecule has 1 saturated carbocycles.